The van der Waals surface area contributed by atoms with Gasteiger partial charge in [0, 0.05) is 24.6 Å². The van der Waals surface area contributed by atoms with Crippen molar-refractivity contribution in [3.8, 4) is 0 Å². The summed E-state index contributed by atoms with van der Waals surface area (Å²) >= 11 is 0. The third kappa shape index (κ3) is 3.58. The highest BCUT2D eigenvalue weighted by Crippen LogP contribution is 2.21. The van der Waals surface area contributed by atoms with Crippen molar-refractivity contribution >= 4 is 11.6 Å². The van der Waals surface area contributed by atoms with Crippen LogP contribution in [0.2, 0.25) is 0 Å². The highest BCUT2D eigenvalue weighted by Gasteiger charge is 2.11. The molecule has 0 aliphatic rings. The zero-order valence-electron chi connectivity index (χ0n) is 11.6. The first-order valence-electron chi connectivity index (χ1n) is 6.50. The SMILES string of the molecule is CCNc1nc(CC)nc(NC(C)CC)c1C. The van der Waals surface area contributed by atoms with Crippen molar-refractivity contribution < 1.29 is 0 Å². The first kappa shape index (κ1) is 13.7. The number of nitrogens with one attached hydrogen (secondary N) is 2. The van der Waals surface area contributed by atoms with Crippen LogP contribution in [-0.4, -0.2) is 22.6 Å². The van der Waals surface area contributed by atoms with Gasteiger partial charge in [0.25, 0.3) is 0 Å². The molecule has 17 heavy (non-hydrogen) atoms. The predicted octanol–water partition coefficient (Wildman–Crippen LogP) is 2.99. The maximum absolute atomic E-state index is 4.56. The minimum atomic E-state index is 0.433. The van der Waals surface area contributed by atoms with Crippen molar-refractivity contribution in [2.45, 2.75) is 53.5 Å². The summed E-state index contributed by atoms with van der Waals surface area (Å²) < 4.78 is 0. The van der Waals surface area contributed by atoms with Gasteiger partial charge in [0.1, 0.15) is 17.5 Å². The number of rotatable bonds is 6. The molecular weight excluding hydrogens is 212 g/mol. The van der Waals surface area contributed by atoms with Crippen molar-refractivity contribution in [3.05, 3.63) is 11.4 Å². The average Bonchev–Trinajstić information content (AvgIpc) is 2.34. The second-order valence-corrected chi connectivity index (χ2v) is 4.30. The molecule has 0 aliphatic carbocycles. The van der Waals surface area contributed by atoms with Gasteiger partial charge in [-0.1, -0.05) is 13.8 Å². The molecular formula is C13H24N4. The van der Waals surface area contributed by atoms with E-state index in [0.29, 0.717) is 6.04 Å². The fourth-order valence-corrected chi connectivity index (χ4v) is 1.54. The van der Waals surface area contributed by atoms with Gasteiger partial charge in [0.2, 0.25) is 0 Å². The van der Waals surface area contributed by atoms with Gasteiger partial charge in [-0.15, -0.1) is 0 Å². The Labute approximate surface area is 104 Å². The van der Waals surface area contributed by atoms with Gasteiger partial charge in [-0.05, 0) is 27.2 Å². The molecule has 0 fully saturated rings. The van der Waals surface area contributed by atoms with Crippen LogP contribution in [0, 0.1) is 6.92 Å². The topological polar surface area (TPSA) is 49.8 Å². The number of hydrogen-bond acceptors (Lipinski definition) is 4. The third-order valence-electron chi connectivity index (χ3n) is 2.85. The maximum Gasteiger partial charge on any atom is 0.134 e. The Morgan fingerprint density at radius 2 is 1.76 bits per heavy atom. The highest BCUT2D eigenvalue weighted by molar-refractivity contribution is 5.57. The minimum Gasteiger partial charge on any atom is -0.370 e. The van der Waals surface area contributed by atoms with Gasteiger partial charge < -0.3 is 10.6 Å². The summed E-state index contributed by atoms with van der Waals surface area (Å²) in [6.45, 7) is 11.4. The van der Waals surface area contributed by atoms with Crippen LogP contribution >= 0.6 is 0 Å². The molecule has 2 N–H and O–H groups in total. The molecule has 0 amide bonds. The monoisotopic (exact) mass is 236 g/mol. The normalized spacial score (nSPS) is 12.3. The van der Waals surface area contributed by atoms with E-state index in [4.69, 9.17) is 0 Å². The van der Waals surface area contributed by atoms with Crippen molar-refractivity contribution in [1.82, 2.24) is 9.97 Å². The molecule has 96 valence electrons. The first-order valence-corrected chi connectivity index (χ1v) is 6.50. The van der Waals surface area contributed by atoms with E-state index in [0.717, 1.165) is 42.4 Å². The Hall–Kier alpha value is -1.32. The van der Waals surface area contributed by atoms with Gasteiger partial charge in [-0.3, -0.25) is 0 Å². The molecule has 1 aromatic rings. The molecule has 4 heteroatoms. The van der Waals surface area contributed by atoms with E-state index < -0.39 is 0 Å². The van der Waals surface area contributed by atoms with Crippen LogP contribution in [-0.2, 0) is 6.42 Å². The molecule has 0 radical (unpaired) electrons. The Morgan fingerprint density at radius 3 is 2.29 bits per heavy atom. The van der Waals surface area contributed by atoms with E-state index in [2.05, 4.69) is 55.2 Å². The van der Waals surface area contributed by atoms with Crippen LogP contribution in [0.4, 0.5) is 11.6 Å². The fraction of sp³-hybridized carbons (Fsp3) is 0.692. The summed E-state index contributed by atoms with van der Waals surface area (Å²) in [6, 6.07) is 0.433. The van der Waals surface area contributed by atoms with Crippen molar-refractivity contribution in [3.63, 3.8) is 0 Å². The van der Waals surface area contributed by atoms with Crippen LogP contribution in [0.3, 0.4) is 0 Å². The summed E-state index contributed by atoms with van der Waals surface area (Å²) in [5.74, 6) is 2.80. The van der Waals surface area contributed by atoms with Crippen LogP contribution in [0.25, 0.3) is 0 Å². The summed E-state index contributed by atoms with van der Waals surface area (Å²) in [5, 5.41) is 6.73. The molecule has 4 nitrogen and oxygen atoms in total. The molecule has 1 aromatic heterocycles. The lowest BCUT2D eigenvalue weighted by atomic mass is 10.2. The standard InChI is InChI=1S/C13H24N4/c1-6-9(4)15-13-10(5)12(14-8-3)16-11(7-2)17-13/h9H,6-8H2,1-5H3,(H2,14,15,16,17). The Balaban J connectivity index is 3.05. The average molecular weight is 236 g/mol. The molecule has 0 saturated heterocycles. The van der Waals surface area contributed by atoms with Gasteiger partial charge in [0.15, 0.2) is 0 Å². The molecule has 1 heterocycles. The summed E-state index contributed by atoms with van der Waals surface area (Å²) in [6.07, 6.45) is 1.94. The lowest BCUT2D eigenvalue weighted by Gasteiger charge is -2.17. The lowest BCUT2D eigenvalue weighted by Crippen LogP contribution is -2.17. The van der Waals surface area contributed by atoms with E-state index in [1.807, 2.05) is 0 Å². The fourth-order valence-electron chi connectivity index (χ4n) is 1.54. The summed E-state index contributed by atoms with van der Waals surface area (Å²) in [5.41, 5.74) is 1.10. The summed E-state index contributed by atoms with van der Waals surface area (Å²) in [4.78, 5) is 9.07. The smallest absolute Gasteiger partial charge is 0.134 e. The van der Waals surface area contributed by atoms with Gasteiger partial charge in [-0.25, -0.2) is 9.97 Å². The molecule has 1 atom stereocenters. The van der Waals surface area contributed by atoms with E-state index in [1.165, 1.54) is 0 Å². The zero-order valence-corrected chi connectivity index (χ0v) is 11.6. The largest absolute Gasteiger partial charge is 0.370 e. The zero-order chi connectivity index (χ0) is 12.8. The lowest BCUT2D eigenvalue weighted by molar-refractivity contribution is 0.753. The minimum absolute atomic E-state index is 0.433. The van der Waals surface area contributed by atoms with Crippen molar-refractivity contribution in [2.75, 3.05) is 17.2 Å². The Kier molecular flexibility index (Phi) is 5.19. The molecule has 1 unspecified atom stereocenters. The van der Waals surface area contributed by atoms with E-state index >= 15 is 0 Å². The molecule has 0 aromatic carbocycles. The molecule has 0 saturated carbocycles. The molecule has 0 bridgehead atoms. The Morgan fingerprint density at radius 1 is 1.12 bits per heavy atom. The van der Waals surface area contributed by atoms with E-state index in [9.17, 15) is 0 Å². The number of hydrogen-bond donors (Lipinski definition) is 2. The number of nitrogens with zero attached hydrogens (tertiary/aromatic N) is 2. The number of aryl methyl sites for hydroxylation is 1. The Bertz CT molecular complexity index is 363. The van der Waals surface area contributed by atoms with Crippen LogP contribution in [0.5, 0.6) is 0 Å². The molecule has 1 rings (SSSR count). The van der Waals surface area contributed by atoms with Crippen LogP contribution < -0.4 is 10.6 Å². The first-order chi connectivity index (χ1) is 8.12. The van der Waals surface area contributed by atoms with Crippen LogP contribution in [0.15, 0.2) is 0 Å². The van der Waals surface area contributed by atoms with E-state index in [-0.39, 0.29) is 0 Å². The van der Waals surface area contributed by atoms with E-state index in [1.54, 1.807) is 0 Å². The quantitative estimate of drug-likeness (QED) is 0.797. The maximum atomic E-state index is 4.56. The van der Waals surface area contributed by atoms with Gasteiger partial charge >= 0.3 is 0 Å². The van der Waals surface area contributed by atoms with Gasteiger partial charge in [0.05, 0.1) is 0 Å². The van der Waals surface area contributed by atoms with Crippen molar-refractivity contribution in [1.29, 1.82) is 0 Å². The highest BCUT2D eigenvalue weighted by atomic mass is 15.1. The number of aromatic nitrogens is 2. The second-order valence-electron chi connectivity index (χ2n) is 4.30. The third-order valence-corrected chi connectivity index (χ3v) is 2.85. The predicted molar refractivity (Wildman–Crippen MR) is 73.7 cm³/mol. The molecule has 0 spiro atoms. The number of anilines is 2. The second kappa shape index (κ2) is 6.42. The summed E-state index contributed by atoms with van der Waals surface area (Å²) in [7, 11) is 0. The van der Waals surface area contributed by atoms with Crippen LogP contribution in [0.1, 0.15) is 45.5 Å². The van der Waals surface area contributed by atoms with Crippen molar-refractivity contribution in [2.24, 2.45) is 0 Å². The van der Waals surface area contributed by atoms with Gasteiger partial charge in [-0.2, -0.15) is 0 Å². The molecule has 0 aliphatic heterocycles.